The normalized spacial score (nSPS) is 10.1. The van der Waals surface area contributed by atoms with E-state index in [0.29, 0.717) is 0 Å². The van der Waals surface area contributed by atoms with Gasteiger partial charge in [-0.1, -0.05) is 12.1 Å². The van der Waals surface area contributed by atoms with Crippen LogP contribution in [-0.4, -0.2) is 7.11 Å². The van der Waals surface area contributed by atoms with Crippen LogP contribution in [0, 0.1) is 28.8 Å². The summed E-state index contributed by atoms with van der Waals surface area (Å²) in [6, 6.07) is 7.19. The van der Waals surface area contributed by atoms with Crippen molar-refractivity contribution in [2.24, 2.45) is 0 Å². The number of rotatable bonds is 2. The van der Waals surface area contributed by atoms with E-state index in [2.05, 4.69) is 0 Å². The van der Waals surface area contributed by atoms with Gasteiger partial charge >= 0.3 is 0 Å². The van der Waals surface area contributed by atoms with Gasteiger partial charge in [0, 0.05) is 17.7 Å². The van der Waals surface area contributed by atoms with Crippen molar-refractivity contribution < 1.29 is 17.9 Å². The first kappa shape index (κ1) is 13.0. The Morgan fingerprint density at radius 1 is 1.05 bits per heavy atom. The number of nitriles is 1. The highest BCUT2D eigenvalue weighted by Gasteiger charge is 2.18. The minimum Gasteiger partial charge on any atom is -0.497 e. The molecule has 2 nitrogen and oxygen atoms in total. The molecule has 0 spiro atoms. The Balaban J connectivity index is 2.74. The molecule has 0 radical (unpaired) electrons. The molecule has 0 unspecified atom stereocenters. The minimum atomic E-state index is -0.918. The Kier molecular flexibility index (Phi) is 3.43. The summed E-state index contributed by atoms with van der Waals surface area (Å²) >= 11 is 0. The molecule has 19 heavy (non-hydrogen) atoms. The summed E-state index contributed by atoms with van der Waals surface area (Å²) in [5.41, 5.74) is -0.970. The monoisotopic (exact) mass is 263 g/mol. The zero-order valence-electron chi connectivity index (χ0n) is 9.88. The number of halogens is 3. The summed E-state index contributed by atoms with van der Waals surface area (Å²) in [5, 5.41) is 8.88. The second-order valence-electron chi connectivity index (χ2n) is 3.74. The van der Waals surface area contributed by atoms with E-state index in [1.54, 1.807) is 6.07 Å². The number of methoxy groups -OCH3 is 1. The van der Waals surface area contributed by atoms with Crippen LogP contribution in [0.5, 0.6) is 5.75 Å². The molecule has 0 bridgehead atoms. The smallest absolute Gasteiger partial charge is 0.141 e. The van der Waals surface area contributed by atoms with Gasteiger partial charge in [0.05, 0.1) is 18.2 Å². The number of hydrogen-bond acceptors (Lipinski definition) is 2. The van der Waals surface area contributed by atoms with Gasteiger partial charge in [-0.15, -0.1) is 0 Å². The van der Waals surface area contributed by atoms with E-state index >= 15 is 0 Å². The van der Waals surface area contributed by atoms with Gasteiger partial charge in [0.1, 0.15) is 29.3 Å². The van der Waals surface area contributed by atoms with E-state index in [0.717, 1.165) is 18.2 Å². The number of nitrogens with zero attached hydrogens (tertiary/aromatic N) is 1. The van der Waals surface area contributed by atoms with E-state index in [4.69, 9.17) is 10.00 Å². The summed E-state index contributed by atoms with van der Waals surface area (Å²) in [5.74, 6) is -2.65. The first-order valence-electron chi connectivity index (χ1n) is 5.30. The third kappa shape index (κ3) is 2.25. The average molecular weight is 263 g/mol. The van der Waals surface area contributed by atoms with Crippen molar-refractivity contribution in [3.05, 3.63) is 53.3 Å². The maximum atomic E-state index is 13.9. The highest BCUT2D eigenvalue weighted by molar-refractivity contribution is 5.72. The summed E-state index contributed by atoms with van der Waals surface area (Å²) in [6.07, 6.45) is 0. The molecule has 0 atom stereocenters. The van der Waals surface area contributed by atoms with Crippen LogP contribution in [0.25, 0.3) is 11.1 Å². The zero-order valence-corrected chi connectivity index (χ0v) is 9.88. The van der Waals surface area contributed by atoms with Crippen molar-refractivity contribution in [3.63, 3.8) is 0 Å². The van der Waals surface area contributed by atoms with E-state index in [1.807, 2.05) is 0 Å². The second-order valence-corrected chi connectivity index (χ2v) is 3.74. The third-order valence-corrected chi connectivity index (χ3v) is 2.65. The average Bonchev–Trinajstić information content (AvgIpc) is 2.38. The predicted molar refractivity (Wildman–Crippen MR) is 63.0 cm³/mol. The van der Waals surface area contributed by atoms with E-state index in [9.17, 15) is 13.2 Å². The largest absolute Gasteiger partial charge is 0.497 e. The highest BCUT2D eigenvalue weighted by Crippen LogP contribution is 2.32. The van der Waals surface area contributed by atoms with Crippen molar-refractivity contribution in [2.45, 2.75) is 0 Å². The standard InChI is InChI=1S/C14H8F3NO/c1-19-8-5-12(16)14(13(17)6-8)9-3-2-4-11(15)10(9)7-18/h2-6H,1H3. The first-order chi connectivity index (χ1) is 9.08. The number of ether oxygens (including phenoxy) is 1. The molecule has 0 aliphatic carbocycles. The maximum Gasteiger partial charge on any atom is 0.141 e. The second kappa shape index (κ2) is 5.02. The quantitative estimate of drug-likeness (QED) is 0.828. The van der Waals surface area contributed by atoms with E-state index in [1.165, 1.54) is 19.2 Å². The molecule has 2 aromatic rings. The van der Waals surface area contributed by atoms with Crippen LogP contribution in [0.15, 0.2) is 30.3 Å². The Bertz CT molecular complexity index is 654. The van der Waals surface area contributed by atoms with Gasteiger partial charge in [-0.25, -0.2) is 13.2 Å². The van der Waals surface area contributed by atoms with Crippen molar-refractivity contribution in [1.29, 1.82) is 5.26 Å². The lowest BCUT2D eigenvalue weighted by molar-refractivity contribution is 0.407. The van der Waals surface area contributed by atoms with Crippen LogP contribution in [0.3, 0.4) is 0 Å². The fraction of sp³-hybridized carbons (Fsp3) is 0.0714. The Labute approximate surface area is 107 Å². The molecule has 0 saturated carbocycles. The molecule has 5 heteroatoms. The SMILES string of the molecule is COc1cc(F)c(-c2cccc(F)c2C#N)c(F)c1. The number of hydrogen-bond donors (Lipinski definition) is 0. The van der Waals surface area contributed by atoms with Gasteiger partial charge in [-0.3, -0.25) is 0 Å². The molecular formula is C14H8F3NO. The molecule has 2 aromatic carbocycles. The number of benzene rings is 2. The fourth-order valence-corrected chi connectivity index (χ4v) is 1.77. The molecule has 0 aliphatic heterocycles. The summed E-state index contributed by atoms with van der Waals surface area (Å²) in [7, 11) is 1.27. The van der Waals surface area contributed by atoms with Crippen molar-refractivity contribution >= 4 is 0 Å². The Morgan fingerprint density at radius 3 is 2.21 bits per heavy atom. The molecule has 0 amide bonds. The predicted octanol–water partition coefficient (Wildman–Crippen LogP) is 3.65. The molecule has 96 valence electrons. The fourth-order valence-electron chi connectivity index (χ4n) is 1.77. The van der Waals surface area contributed by atoms with Crippen LogP contribution in [-0.2, 0) is 0 Å². The van der Waals surface area contributed by atoms with Gasteiger partial charge < -0.3 is 4.74 Å². The summed E-state index contributed by atoms with van der Waals surface area (Å²) < 4.78 is 45.9. The van der Waals surface area contributed by atoms with Crippen molar-refractivity contribution in [2.75, 3.05) is 7.11 Å². The van der Waals surface area contributed by atoms with E-state index in [-0.39, 0.29) is 11.3 Å². The molecule has 0 aliphatic rings. The van der Waals surface area contributed by atoms with E-state index < -0.39 is 28.6 Å². The van der Waals surface area contributed by atoms with Gasteiger partial charge in [-0.05, 0) is 6.07 Å². The topological polar surface area (TPSA) is 33.0 Å². The van der Waals surface area contributed by atoms with Gasteiger partial charge in [0.25, 0.3) is 0 Å². The zero-order chi connectivity index (χ0) is 14.0. The van der Waals surface area contributed by atoms with Gasteiger partial charge in [0.2, 0.25) is 0 Å². The Morgan fingerprint density at radius 2 is 1.68 bits per heavy atom. The lowest BCUT2D eigenvalue weighted by Crippen LogP contribution is -1.97. The first-order valence-corrected chi connectivity index (χ1v) is 5.30. The lowest BCUT2D eigenvalue weighted by atomic mass is 9.98. The lowest BCUT2D eigenvalue weighted by Gasteiger charge is -2.09. The molecule has 0 fully saturated rings. The van der Waals surface area contributed by atoms with Crippen molar-refractivity contribution in [1.82, 2.24) is 0 Å². The Hall–Kier alpha value is -2.48. The van der Waals surface area contributed by atoms with Crippen LogP contribution >= 0.6 is 0 Å². The molecule has 2 rings (SSSR count). The van der Waals surface area contributed by atoms with Crippen LogP contribution in [0.4, 0.5) is 13.2 Å². The van der Waals surface area contributed by atoms with Gasteiger partial charge in [-0.2, -0.15) is 5.26 Å². The molecular weight excluding hydrogens is 255 g/mol. The summed E-state index contributed by atoms with van der Waals surface area (Å²) in [4.78, 5) is 0. The van der Waals surface area contributed by atoms with Crippen molar-refractivity contribution in [3.8, 4) is 22.9 Å². The maximum absolute atomic E-state index is 13.9. The highest BCUT2D eigenvalue weighted by atomic mass is 19.1. The molecule has 0 saturated heterocycles. The van der Waals surface area contributed by atoms with Crippen LogP contribution < -0.4 is 4.74 Å². The summed E-state index contributed by atoms with van der Waals surface area (Å²) in [6.45, 7) is 0. The minimum absolute atomic E-state index is 0.00802. The molecule has 0 heterocycles. The molecule has 0 aromatic heterocycles. The van der Waals surface area contributed by atoms with Crippen LogP contribution in [0.2, 0.25) is 0 Å². The van der Waals surface area contributed by atoms with Gasteiger partial charge in [0.15, 0.2) is 0 Å². The third-order valence-electron chi connectivity index (χ3n) is 2.65. The molecule has 0 N–H and O–H groups in total. The van der Waals surface area contributed by atoms with Crippen LogP contribution in [0.1, 0.15) is 5.56 Å².